The van der Waals surface area contributed by atoms with E-state index in [9.17, 15) is 9.18 Å². The summed E-state index contributed by atoms with van der Waals surface area (Å²) < 4.78 is 19.2. The van der Waals surface area contributed by atoms with Gasteiger partial charge in [0.05, 0.1) is 18.4 Å². The fraction of sp³-hybridized carbons (Fsp3) is 0.125. The molecule has 0 radical (unpaired) electrons. The van der Waals surface area contributed by atoms with Gasteiger partial charge in [-0.15, -0.1) is 0 Å². The average Bonchev–Trinajstić information content (AvgIpc) is 2.89. The minimum Gasteiger partial charge on any atom is -0.496 e. The van der Waals surface area contributed by atoms with Gasteiger partial charge in [0.15, 0.2) is 5.69 Å². The number of methoxy groups -OCH3 is 1. The zero-order valence-corrected chi connectivity index (χ0v) is 12.2. The Bertz CT molecular complexity index is 763. The number of carboxylic acids is 1. The summed E-state index contributed by atoms with van der Waals surface area (Å²) in [6, 6.07) is 4.50. The first kappa shape index (κ1) is 15.5. The highest BCUT2D eigenvalue weighted by Gasteiger charge is 2.18. The molecule has 6 heteroatoms. The van der Waals surface area contributed by atoms with Gasteiger partial charge in [-0.25, -0.2) is 9.18 Å². The topological polar surface area (TPSA) is 75.2 Å². The first-order chi connectivity index (χ1) is 10.5. The van der Waals surface area contributed by atoms with Gasteiger partial charge in [0, 0.05) is 5.56 Å². The molecule has 0 aliphatic rings. The first-order valence-corrected chi connectivity index (χ1v) is 6.44. The predicted molar refractivity (Wildman–Crippen MR) is 82.1 cm³/mol. The largest absolute Gasteiger partial charge is 0.496 e. The van der Waals surface area contributed by atoms with Crippen LogP contribution in [0.25, 0.3) is 17.7 Å². The summed E-state index contributed by atoms with van der Waals surface area (Å²) in [5.74, 6) is -1.26. The van der Waals surface area contributed by atoms with Crippen LogP contribution in [0.15, 0.2) is 24.8 Å². The second-order valence-corrected chi connectivity index (χ2v) is 4.55. The van der Waals surface area contributed by atoms with E-state index in [-0.39, 0.29) is 11.3 Å². The van der Waals surface area contributed by atoms with Crippen LogP contribution in [0.4, 0.5) is 4.39 Å². The maximum absolute atomic E-state index is 14.1. The highest BCUT2D eigenvalue weighted by molar-refractivity contribution is 5.95. The smallest absolute Gasteiger partial charge is 0.357 e. The number of halogens is 1. The molecule has 0 saturated heterocycles. The summed E-state index contributed by atoms with van der Waals surface area (Å²) in [4.78, 5) is 11.2. The summed E-state index contributed by atoms with van der Waals surface area (Å²) in [6.07, 6.45) is 3.00. The van der Waals surface area contributed by atoms with Crippen LogP contribution in [0, 0.1) is 5.82 Å². The fourth-order valence-corrected chi connectivity index (χ4v) is 2.17. The third-order valence-corrected chi connectivity index (χ3v) is 3.19. The molecule has 0 fully saturated rings. The quantitative estimate of drug-likeness (QED) is 0.887. The minimum absolute atomic E-state index is 0.149. The second-order valence-electron chi connectivity index (χ2n) is 4.55. The third kappa shape index (κ3) is 2.76. The molecular formula is C16H15FN2O3. The molecule has 114 valence electrons. The number of carboxylic acid groups (broad SMARTS) is 1. The van der Waals surface area contributed by atoms with Gasteiger partial charge < -0.3 is 9.84 Å². The number of ether oxygens (including phenoxy) is 1. The molecule has 2 rings (SSSR count). The zero-order valence-electron chi connectivity index (χ0n) is 12.2. The highest BCUT2D eigenvalue weighted by Crippen LogP contribution is 2.31. The van der Waals surface area contributed by atoms with Crippen LogP contribution in [-0.2, 0) is 0 Å². The molecule has 0 spiro atoms. The second kappa shape index (κ2) is 6.26. The molecular weight excluding hydrogens is 287 g/mol. The van der Waals surface area contributed by atoms with Crippen molar-refractivity contribution in [3.8, 4) is 5.75 Å². The SMILES string of the molecule is C=Cc1[nH]nc(C(=O)O)c1/C=C(\C)c1c(F)cccc1OC. The van der Waals surface area contributed by atoms with Crippen LogP contribution in [0.1, 0.15) is 34.2 Å². The molecule has 5 nitrogen and oxygen atoms in total. The Kier molecular flexibility index (Phi) is 4.41. The number of nitrogens with one attached hydrogen (secondary N) is 1. The molecule has 1 aromatic carbocycles. The fourth-order valence-electron chi connectivity index (χ4n) is 2.17. The Morgan fingerprint density at radius 3 is 2.82 bits per heavy atom. The van der Waals surface area contributed by atoms with E-state index < -0.39 is 11.8 Å². The lowest BCUT2D eigenvalue weighted by Gasteiger charge is -2.10. The van der Waals surface area contributed by atoms with E-state index >= 15 is 0 Å². The lowest BCUT2D eigenvalue weighted by atomic mass is 10.0. The van der Waals surface area contributed by atoms with Crippen LogP contribution in [-0.4, -0.2) is 28.4 Å². The zero-order chi connectivity index (χ0) is 16.3. The number of hydrogen-bond donors (Lipinski definition) is 2. The number of carbonyl (C=O) groups is 1. The standard InChI is InChI=1S/C16H15FN2O3/c1-4-12-10(15(16(20)21)19-18-12)8-9(2)14-11(17)6-5-7-13(14)22-3/h4-8H,1H2,2-3H3,(H,18,19)(H,20,21)/b9-8+. The average molecular weight is 302 g/mol. The molecule has 0 atom stereocenters. The normalized spacial score (nSPS) is 11.3. The molecule has 0 amide bonds. The van der Waals surface area contributed by atoms with Crippen molar-refractivity contribution in [1.29, 1.82) is 0 Å². The van der Waals surface area contributed by atoms with E-state index in [1.54, 1.807) is 25.1 Å². The summed E-state index contributed by atoms with van der Waals surface area (Å²) >= 11 is 0. The lowest BCUT2D eigenvalue weighted by molar-refractivity contribution is 0.0690. The van der Waals surface area contributed by atoms with Gasteiger partial charge in [0.1, 0.15) is 11.6 Å². The van der Waals surface area contributed by atoms with E-state index in [4.69, 9.17) is 9.84 Å². The Morgan fingerprint density at radius 2 is 2.23 bits per heavy atom. The molecule has 0 aliphatic heterocycles. The van der Waals surface area contributed by atoms with E-state index in [2.05, 4.69) is 16.8 Å². The van der Waals surface area contributed by atoms with Gasteiger partial charge >= 0.3 is 5.97 Å². The minimum atomic E-state index is -1.18. The number of rotatable bonds is 5. The van der Waals surface area contributed by atoms with Crippen LogP contribution in [0.5, 0.6) is 5.75 Å². The van der Waals surface area contributed by atoms with Gasteiger partial charge in [-0.3, -0.25) is 5.10 Å². The van der Waals surface area contributed by atoms with Gasteiger partial charge in [-0.05, 0) is 36.8 Å². The van der Waals surface area contributed by atoms with Crippen molar-refractivity contribution in [3.63, 3.8) is 0 Å². The van der Waals surface area contributed by atoms with E-state index in [1.165, 1.54) is 19.3 Å². The molecule has 0 aliphatic carbocycles. The van der Waals surface area contributed by atoms with Crippen LogP contribution in [0.3, 0.4) is 0 Å². The van der Waals surface area contributed by atoms with Gasteiger partial charge in [-0.1, -0.05) is 12.6 Å². The van der Waals surface area contributed by atoms with Crippen molar-refractivity contribution < 1.29 is 19.0 Å². The Labute approximate surface area is 126 Å². The van der Waals surface area contributed by atoms with Crippen LogP contribution >= 0.6 is 0 Å². The summed E-state index contributed by atoms with van der Waals surface area (Å²) in [7, 11) is 1.45. The van der Waals surface area contributed by atoms with Crippen molar-refractivity contribution in [1.82, 2.24) is 10.2 Å². The first-order valence-electron chi connectivity index (χ1n) is 6.44. The molecule has 1 aromatic heterocycles. The summed E-state index contributed by atoms with van der Waals surface area (Å²) in [6.45, 7) is 5.28. The number of aromatic nitrogens is 2. The molecule has 1 heterocycles. The van der Waals surface area contributed by atoms with Gasteiger partial charge in [0.25, 0.3) is 0 Å². The number of nitrogens with zero attached hydrogens (tertiary/aromatic N) is 1. The molecule has 2 aromatic rings. The van der Waals surface area contributed by atoms with Crippen molar-refractivity contribution in [2.45, 2.75) is 6.92 Å². The van der Waals surface area contributed by atoms with Crippen molar-refractivity contribution >= 4 is 23.7 Å². The van der Waals surface area contributed by atoms with Crippen molar-refractivity contribution in [3.05, 3.63) is 53.1 Å². The van der Waals surface area contributed by atoms with Crippen LogP contribution < -0.4 is 4.74 Å². The van der Waals surface area contributed by atoms with E-state index in [0.29, 0.717) is 22.6 Å². The Balaban J connectivity index is 2.62. The number of hydrogen-bond acceptors (Lipinski definition) is 3. The highest BCUT2D eigenvalue weighted by atomic mass is 19.1. The molecule has 2 N–H and O–H groups in total. The molecule has 0 saturated carbocycles. The summed E-state index contributed by atoms with van der Waals surface area (Å²) in [5, 5.41) is 15.5. The van der Waals surface area contributed by atoms with Gasteiger partial charge in [0.2, 0.25) is 0 Å². The van der Waals surface area contributed by atoms with Gasteiger partial charge in [-0.2, -0.15) is 5.10 Å². The summed E-state index contributed by atoms with van der Waals surface area (Å²) in [5.41, 5.74) is 1.43. The van der Waals surface area contributed by atoms with Crippen molar-refractivity contribution in [2.24, 2.45) is 0 Å². The number of benzene rings is 1. The van der Waals surface area contributed by atoms with E-state index in [1.807, 2.05) is 0 Å². The Morgan fingerprint density at radius 1 is 1.50 bits per heavy atom. The number of allylic oxidation sites excluding steroid dienone is 1. The molecule has 0 unspecified atom stereocenters. The van der Waals surface area contributed by atoms with E-state index in [0.717, 1.165) is 0 Å². The maximum atomic E-state index is 14.1. The predicted octanol–water partition coefficient (Wildman–Crippen LogP) is 3.46. The monoisotopic (exact) mass is 302 g/mol. The number of aromatic carboxylic acids is 1. The maximum Gasteiger partial charge on any atom is 0.357 e. The number of H-pyrrole nitrogens is 1. The van der Waals surface area contributed by atoms with Crippen molar-refractivity contribution in [2.75, 3.05) is 7.11 Å². The molecule has 0 bridgehead atoms. The number of aromatic amines is 1. The molecule has 22 heavy (non-hydrogen) atoms. The Hall–Kier alpha value is -2.89. The van der Waals surface area contributed by atoms with Crippen LogP contribution in [0.2, 0.25) is 0 Å². The lowest BCUT2D eigenvalue weighted by Crippen LogP contribution is -2.00. The third-order valence-electron chi connectivity index (χ3n) is 3.19.